The molecule has 3 rings (SSSR count). The van der Waals surface area contributed by atoms with E-state index in [1.165, 1.54) is 36.2 Å². The van der Waals surface area contributed by atoms with E-state index in [0.717, 1.165) is 35.6 Å². The second-order valence-corrected chi connectivity index (χ2v) is 10.9. The van der Waals surface area contributed by atoms with Crippen LogP contribution in [0, 0.1) is 0 Å². The number of amides is 2. The first kappa shape index (κ1) is 25.2. The Bertz CT molecular complexity index is 1050. The number of carbonyl (C=O) groups excluding carboxylic acids is 2. The summed E-state index contributed by atoms with van der Waals surface area (Å²) in [6, 6.07) is 14.5. The molecule has 1 saturated carbocycles. The molecule has 178 valence electrons. The summed E-state index contributed by atoms with van der Waals surface area (Å²) >= 11 is 5.86. The van der Waals surface area contributed by atoms with Crippen LogP contribution in [0.5, 0.6) is 0 Å². The Morgan fingerprint density at radius 1 is 1.06 bits per heavy atom. The lowest BCUT2D eigenvalue weighted by Gasteiger charge is -2.31. The molecule has 7 nitrogen and oxygen atoms in total. The van der Waals surface area contributed by atoms with Gasteiger partial charge in [-0.05, 0) is 49.6 Å². The van der Waals surface area contributed by atoms with Gasteiger partial charge in [0.1, 0.15) is 6.04 Å². The normalized spacial score (nSPS) is 15.4. The molecule has 2 aromatic rings. The third-order valence-electron chi connectivity index (χ3n) is 5.94. The lowest BCUT2D eigenvalue weighted by molar-refractivity contribution is -0.140. The number of rotatable bonds is 9. The minimum Gasteiger partial charge on any atom is -0.352 e. The molecule has 1 atom stereocenters. The predicted octanol–water partition coefficient (Wildman–Crippen LogP) is 3.44. The van der Waals surface area contributed by atoms with Gasteiger partial charge in [-0.2, -0.15) is 4.31 Å². The maximum absolute atomic E-state index is 13.3. The number of halogens is 1. The molecule has 2 amide bonds. The van der Waals surface area contributed by atoms with E-state index in [-0.39, 0.29) is 23.4 Å². The van der Waals surface area contributed by atoms with Crippen molar-refractivity contribution < 1.29 is 18.0 Å². The summed E-state index contributed by atoms with van der Waals surface area (Å²) in [6.07, 6.45) is 4.04. The lowest BCUT2D eigenvalue weighted by Crippen LogP contribution is -2.52. The first-order valence-electron chi connectivity index (χ1n) is 11.0. The molecule has 2 aromatic carbocycles. The van der Waals surface area contributed by atoms with Crippen LogP contribution in [0.25, 0.3) is 0 Å². The Morgan fingerprint density at radius 2 is 1.67 bits per heavy atom. The molecular formula is C24H30ClN3O4S. The number of likely N-dealkylation sites (N-methyl/N-ethyl adjacent to an activating group) is 1. The second kappa shape index (κ2) is 11.1. The molecule has 1 unspecified atom stereocenters. The highest BCUT2D eigenvalue weighted by molar-refractivity contribution is 7.89. The molecule has 0 bridgehead atoms. The van der Waals surface area contributed by atoms with Crippen LogP contribution in [0.15, 0.2) is 59.5 Å². The fraction of sp³-hybridized carbons (Fsp3) is 0.417. The monoisotopic (exact) mass is 491 g/mol. The number of benzene rings is 2. The van der Waals surface area contributed by atoms with E-state index in [4.69, 9.17) is 11.6 Å². The third kappa shape index (κ3) is 6.56. The molecule has 1 aliphatic carbocycles. The van der Waals surface area contributed by atoms with Crippen LogP contribution < -0.4 is 5.32 Å². The SMILES string of the molecule is CC(C(=O)NC1CCCC1)N(Cc1ccccc1)C(=O)CN(C)S(=O)(=O)c1ccc(Cl)cc1. The molecule has 9 heteroatoms. The van der Waals surface area contributed by atoms with Crippen molar-refractivity contribution in [3.63, 3.8) is 0 Å². The average Bonchev–Trinajstić information content (AvgIpc) is 3.31. The van der Waals surface area contributed by atoms with Crippen molar-refractivity contribution in [1.29, 1.82) is 0 Å². The summed E-state index contributed by atoms with van der Waals surface area (Å²) in [6.45, 7) is 1.49. The molecule has 0 heterocycles. The van der Waals surface area contributed by atoms with Gasteiger partial charge in [-0.3, -0.25) is 9.59 Å². The van der Waals surface area contributed by atoms with Gasteiger partial charge in [0.2, 0.25) is 21.8 Å². The number of sulfonamides is 1. The highest BCUT2D eigenvalue weighted by Gasteiger charge is 2.31. The standard InChI is InChI=1S/C24H30ClN3O4S/c1-18(24(30)26-21-10-6-7-11-21)28(16-19-8-4-3-5-9-19)23(29)17-27(2)33(31,32)22-14-12-20(25)13-15-22/h3-5,8-9,12-15,18,21H,6-7,10-11,16-17H2,1-2H3,(H,26,30). The summed E-state index contributed by atoms with van der Waals surface area (Å²) in [4.78, 5) is 27.7. The van der Waals surface area contributed by atoms with E-state index in [1.54, 1.807) is 6.92 Å². The van der Waals surface area contributed by atoms with Gasteiger partial charge in [-0.25, -0.2) is 8.42 Å². The molecule has 0 radical (unpaired) electrons. The van der Waals surface area contributed by atoms with Gasteiger partial charge in [0, 0.05) is 24.7 Å². The number of carbonyl (C=O) groups is 2. The average molecular weight is 492 g/mol. The Hall–Kier alpha value is -2.42. The molecule has 1 aliphatic rings. The molecule has 0 saturated heterocycles. The summed E-state index contributed by atoms with van der Waals surface area (Å²) < 4.78 is 26.9. The molecule has 0 aromatic heterocycles. The topological polar surface area (TPSA) is 86.8 Å². The Labute approximate surface area is 200 Å². The maximum Gasteiger partial charge on any atom is 0.243 e. The maximum atomic E-state index is 13.3. The first-order chi connectivity index (χ1) is 15.7. The van der Waals surface area contributed by atoms with E-state index in [0.29, 0.717) is 5.02 Å². The van der Waals surface area contributed by atoms with Crippen molar-refractivity contribution in [2.45, 2.75) is 56.1 Å². The quantitative estimate of drug-likeness (QED) is 0.582. The van der Waals surface area contributed by atoms with Crippen LogP contribution in [0.1, 0.15) is 38.2 Å². The lowest BCUT2D eigenvalue weighted by atomic mass is 10.1. The van der Waals surface area contributed by atoms with Crippen LogP contribution in [0.4, 0.5) is 0 Å². The van der Waals surface area contributed by atoms with Crippen molar-refractivity contribution in [2.75, 3.05) is 13.6 Å². The molecular weight excluding hydrogens is 462 g/mol. The summed E-state index contributed by atoms with van der Waals surface area (Å²) in [5.74, 6) is -0.678. The summed E-state index contributed by atoms with van der Waals surface area (Å²) in [5, 5.41) is 3.46. The molecule has 0 spiro atoms. The van der Waals surface area contributed by atoms with Gasteiger partial charge < -0.3 is 10.2 Å². The molecule has 0 aliphatic heterocycles. The van der Waals surface area contributed by atoms with Crippen LogP contribution in [-0.4, -0.2) is 55.1 Å². The number of nitrogens with zero attached hydrogens (tertiary/aromatic N) is 2. The van der Waals surface area contributed by atoms with E-state index >= 15 is 0 Å². The van der Waals surface area contributed by atoms with E-state index in [1.807, 2.05) is 30.3 Å². The van der Waals surface area contributed by atoms with E-state index < -0.39 is 28.5 Å². The molecule has 33 heavy (non-hydrogen) atoms. The van der Waals surface area contributed by atoms with Crippen molar-refractivity contribution in [3.05, 3.63) is 65.2 Å². The van der Waals surface area contributed by atoms with Gasteiger partial charge in [-0.1, -0.05) is 54.8 Å². The predicted molar refractivity (Wildman–Crippen MR) is 128 cm³/mol. The van der Waals surface area contributed by atoms with Gasteiger partial charge in [0.05, 0.1) is 11.4 Å². The highest BCUT2D eigenvalue weighted by atomic mass is 35.5. The van der Waals surface area contributed by atoms with Crippen molar-refractivity contribution in [2.24, 2.45) is 0 Å². The fourth-order valence-corrected chi connectivity index (χ4v) is 5.15. The third-order valence-corrected chi connectivity index (χ3v) is 8.01. The number of nitrogens with one attached hydrogen (secondary N) is 1. The van der Waals surface area contributed by atoms with Crippen LogP contribution in [0.3, 0.4) is 0 Å². The molecule has 1 fully saturated rings. The van der Waals surface area contributed by atoms with Gasteiger partial charge in [-0.15, -0.1) is 0 Å². The van der Waals surface area contributed by atoms with Gasteiger partial charge >= 0.3 is 0 Å². The smallest absolute Gasteiger partial charge is 0.243 e. The second-order valence-electron chi connectivity index (χ2n) is 8.39. The zero-order valence-corrected chi connectivity index (χ0v) is 20.5. The zero-order valence-electron chi connectivity index (χ0n) is 18.9. The first-order valence-corrected chi connectivity index (χ1v) is 12.9. The largest absolute Gasteiger partial charge is 0.352 e. The van der Waals surface area contributed by atoms with E-state index in [2.05, 4.69) is 5.32 Å². The zero-order chi connectivity index (χ0) is 24.0. The van der Waals surface area contributed by atoms with E-state index in [9.17, 15) is 18.0 Å². The van der Waals surface area contributed by atoms with Gasteiger partial charge in [0.25, 0.3) is 0 Å². The minimum absolute atomic E-state index is 0.0452. The Kier molecular flexibility index (Phi) is 8.51. The van der Waals surface area contributed by atoms with Crippen molar-refractivity contribution in [3.8, 4) is 0 Å². The summed E-state index contributed by atoms with van der Waals surface area (Å²) in [7, 11) is -2.54. The van der Waals surface area contributed by atoms with Crippen molar-refractivity contribution >= 4 is 33.4 Å². The highest BCUT2D eigenvalue weighted by Crippen LogP contribution is 2.20. The van der Waals surface area contributed by atoms with Gasteiger partial charge in [0.15, 0.2) is 0 Å². The summed E-state index contributed by atoms with van der Waals surface area (Å²) in [5.41, 5.74) is 0.856. The minimum atomic E-state index is -3.90. The van der Waals surface area contributed by atoms with Crippen LogP contribution in [0.2, 0.25) is 5.02 Å². The number of hydrogen-bond donors (Lipinski definition) is 1. The van der Waals surface area contributed by atoms with Crippen molar-refractivity contribution in [1.82, 2.24) is 14.5 Å². The Balaban J connectivity index is 1.77. The fourth-order valence-electron chi connectivity index (χ4n) is 3.91. The van der Waals surface area contributed by atoms with Crippen LogP contribution >= 0.6 is 11.6 Å². The number of hydrogen-bond acceptors (Lipinski definition) is 4. The van der Waals surface area contributed by atoms with Crippen LogP contribution in [-0.2, 0) is 26.2 Å². The Morgan fingerprint density at radius 3 is 2.27 bits per heavy atom. The molecule has 1 N–H and O–H groups in total.